The van der Waals surface area contributed by atoms with Gasteiger partial charge in [0.2, 0.25) is 12.5 Å². The molecule has 0 bridgehead atoms. The van der Waals surface area contributed by atoms with Crippen molar-refractivity contribution in [3.63, 3.8) is 0 Å². The van der Waals surface area contributed by atoms with Gasteiger partial charge in [-0.25, -0.2) is 0 Å². The van der Waals surface area contributed by atoms with E-state index in [4.69, 9.17) is 14.2 Å². The number of nitrogens with one attached hydrogen (secondary N) is 1. The van der Waals surface area contributed by atoms with Crippen molar-refractivity contribution in [2.75, 3.05) is 13.9 Å². The Kier molecular flexibility index (Phi) is 5.56. The van der Waals surface area contributed by atoms with Gasteiger partial charge in [-0.05, 0) is 43.4 Å². The molecule has 0 saturated heterocycles. The predicted molar refractivity (Wildman–Crippen MR) is 81.5 cm³/mol. The van der Waals surface area contributed by atoms with Crippen molar-refractivity contribution in [1.82, 2.24) is 5.32 Å². The topological polar surface area (TPSA) is 60.0 Å². The van der Waals surface area contributed by atoms with E-state index in [9.17, 15) is 5.11 Å². The minimum atomic E-state index is -0.112. The number of ether oxygens (including phenoxy) is 3. The molecule has 0 unspecified atom stereocenters. The van der Waals surface area contributed by atoms with Gasteiger partial charge in [-0.1, -0.05) is 0 Å². The van der Waals surface area contributed by atoms with E-state index in [0.717, 1.165) is 49.3 Å². The lowest BCUT2D eigenvalue weighted by molar-refractivity contribution is 0.116. The summed E-state index contributed by atoms with van der Waals surface area (Å²) < 4.78 is 16.1. The maximum Gasteiger partial charge on any atom is 0.231 e. The highest BCUT2D eigenvalue weighted by molar-refractivity contribution is 5.85. The quantitative estimate of drug-likeness (QED) is 0.892. The van der Waals surface area contributed by atoms with Crippen molar-refractivity contribution in [2.45, 2.75) is 44.4 Å². The Morgan fingerprint density at radius 3 is 2.71 bits per heavy atom. The van der Waals surface area contributed by atoms with Crippen LogP contribution in [0.1, 0.15) is 31.2 Å². The Bertz CT molecular complexity index is 475. The van der Waals surface area contributed by atoms with Gasteiger partial charge in [0.1, 0.15) is 0 Å². The summed E-state index contributed by atoms with van der Waals surface area (Å²) in [4.78, 5) is 0. The van der Waals surface area contributed by atoms with Crippen molar-refractivity contribution in [1.29, 1.82) is 0 Å². The maximum absolute atomic E-state index is 9.51. The third-order valence-corrected chi connectivity index (χ3v) is 4.01. The summed E-state index contributed by atoms with van der Waals surface area (Å²) in [6.07, 6.45) is 3.73. The minimum Gasteiger partial charge on any atom is -0.493 e. The van der Waals surface area contributed by atoms with Crippen LogP contribution in [0.4, 0.5) is 0 Å². The Morgan fingerprint density at radius 2 is 2.00 bits per heavy atom. The summed E-state index contributed by atoms with van der Waals surface area (Å²) in [5, 5.41) is 13.0. The average molecular weight is 316 g/mol. The third-order valence-electron chi connectivity index (χ3n) is 4.01. The smallest absolute Gasteiger partial charge is 0.231 e. The van der Waals surface area contributed by atoms with Crippen LogP contribution in [0.3, 0.4) is 0 Å². The standard InChI is InChI=1S/C15H21NO4.ClH/c1-18-13-6-10(7-14-15(13)20-9-19-14)8-16-11-2-4-12(17)5-3-11;/h6-7,11-12,16-17H,2-5,8-9H2,1H3;1H. The fourth-order valence-electron chi connectivity index (χ4n) is 2.83. The Labute approximate surface area is 131 Å². The van der Waals surface area contributed by atoms with Crippen LogP contribution in [0.5, 0.6) is 17.2 Å². The van der Waals surface area contributed by atoms with E-state index < -0.39 is 0 Å². The second-order valence-corrected chi connectivity index (χ2v) is 5.42. The van der Waals surface area contributed by atoms with E-state index in [-0.39, 0.29) is 25.3 Å². The normalized spacial score (nSPS) is 23.5. The molecule has 1 aliphatic carbocycles. The molecule has 118 valence electrons. The first-order chi connectivity index (χ1) is 9.76. The number of rotatable bonds is 4. The second kappa shape index (κ2) is 7.20. The van der Waals surface area contributed by atoms with E-state index in [1.165, 1.54) is 0 Å². The zero-order chi connectivity index (χ0) is 13.9. The molecule has 1 heterocycles. The molecule has 1 fully saturated rings. The molecule has 1 aromatic carbocycles. The second-order valence-electron chi connectivity index (χ2n) is 5.42. The van der Waals surface area contributed by atoms with Crippen molar-refractivity contribution >= 4 is 12.4 Å². The summed E-state index contributed by atoms with van der Waals surface area (Å²) in [5.41, 5.74) is 1.12. The first kappa shape index (κ1) is 16.2. The van der Waals surface area contributed by atoms with Crippen LogP contribution in [0.25, 0.3) is 0 Å². The number of aliphatic hydroxyl groups is 1. The molecule has 2 N–H and O–H groups in total. The molecule has 1 saturated carbocycles. The number of methoxy groups -OCH3 is 1. The number of fused-ring (bicyclic) bond motifs is 1. The van der Waals surface area contributed by atoms with Gasteiger partial charge in [0, 0.05) is 12.6 Å². The molecule has 5 nitrogen and oxygen atoms in total. The van der Waals surface area contributed by atoms with E-state index in [1.54, 1.807) is 7.11 Å². The molecular formula is C15H22ClNO4. The monoisotopic (exact) mass is 315 g/mol. The fourth-order valence-corrected chi connectivity index (χ4v) is 2.83. The van der Waals surface area contributed by atoms with Crippen molar-refractivity contribution < 1.29 is 19.3 Å². The Balaban J connectivity index is 0.00000161. The van der Waals surface area contributed by atoms with Crippen molar-refractivity contribution in [3.05, 3.63) is 17.7 Å². The summed E-state index contributed by atoms with van der Waals surface area (Å²) in [6.45, 7) is 1.02. The van der Waals surface area contributed by atoms with Gasteiger partial charge in [0.15, 0.2) is 11.5 Å². The highest BCUT2D eigenvalue weighted by Gasteiger charge is 2.21. The molecule has 0 aromatic heterocycles. The Hall–Kier alpha value is -1.17. The van der Waals surface area contributed by atoms with Gasteiger partial charge in [-0.2, -0.15) is 0 Å². The van der Waals surface area contributed by atoms with Gasteiger partial charge in [-0.15, -0.1) is 12.4 Å². The lowest BCUT2D eigenvalue weighted by Crippen LogP contribution is -2.34. The van der Waals surface area contributed by atoms with E-state index in [1.807, 2.05) is 12.1 Å². The first-order valence-corrected chi connectivity index (χ1v) is 7.14. The zero-order valence-electron chi connectivity index (χ0n) is 12.1. The molecule has 0 amide bonds. The average Bonchev–Trinajstić information content (AvgIpc) is 2.94. The lowest BCUT2D eigenvalue weighted by atomic mass is 9.93. The molecule has 0 radical (unpaired) electrons. The summed E-state index contributed by atoms with van der Waals surface area (Å²) in [6, 6.07) is 4.46. The largest absolute Gasteiger partial charge is 0.493 e. The minimum absolute atomic E-state index is 0. The van der Waals surface area contributed by atoms with Crippen LogP contribution in [0, 0.1) is 0 Å². The molecule has 1 aromatic rings. The molecule has 6 heteroatoms. The van der Waals surface area contributed by atoms with E-state index >= 15 is 0 Å². The number of hydrogen-bond donors (Lipinski definition) is 2. The number of hydrogen-bond acceptors (Lipinski definition) is 5. The van der Waals surface area contributed by atoms with Crippen LogP contribution >= 0.6 is 12.4 Å². The number of halogens is 1. The highest BCUT2D eigenvalue weighted by atomic mass is 35.5. The maximum atomic E-state index is 9.51. The molecule has 3 rings (SSSR count). The fraction of sp³-hybridized carbons (Fsp3) is 0.600. The highest BCUT2D eigenvalue weighted by Crippen LogP contribution is 2.41. The van der Waals surface area contributed by atoms with Gasteiger partial charge < -0.3 is 24.6 Å². The molecule has 21 heavy (non-hydrogen) atoms. The molecule has 0 spiro atoms. The molecular weight excluding hydrogens is 294 g/mol. The molecule has 0 atom stereocenters. The summed E-state index contributed by atoms with van der Waals surface area (Å²) >= 11 is 0. The number of benzene rings is 1. The van der Waals surface area contributed by atoms with Crippen LogP contribution in [0.15, 0.2) is 12.1 Å². The Morgan fingerprint density at radius 1 is 1.24 bits per heavy atom. The van der Waals surface area contributed by atoms with E-state index in [0.29, 0.717) is 11.8 Å². The van der Waals surface area contributed by atoms with Gasteiger partial charge in [0.05, 0.1) is 13.2 Å². The summed E-state index contributed by atoms with van der Waals surface area (Å²) in [5.74, 6) is 2.16. The third kappa shape index (κ3) is 3.73. The van der Waals surface area contributed by atoms with Crippen LogP contribution in [0.2, 0.25) is 0 Å². The van der Waals surface area contributed by atoms with E-state index in [2.05, 4.69) is 5.32 Å². The lowest BCUT2D eigenvalue weighted by Gasteiger charge is -2.26. The van der Waals surface area contributed by atoms with Gasteiger partial charge >= 0.3 is 0 Å². The van der Waals surface area contributed by atoms with Crippen molar-refractivity contribution in [3.8, 4) is 17.2 Å². The number of aliphatic hydroxyl groups excluding tert-OH is 1. The van der Waals surface area contributed by atoms with Gasteiger partial charge in [0.25, 0.3) is 0 Å². The first-order valence-electron chi connectivity index (χ1n) is 7.14. The van der Waals surface area contributed by atoms with Crippen molar-refractivity contribution in [2.24, 2.45) is 0 Å². The van der Waals surface area contributed by atoms with Crippen LogP contribution in [-0.2, 0) is 6.54 Å². The summed E-state index contributed by atoms with van der Waals surface area (Å²) in [7, 11) is 1.64. The SMILES string of the molecule is COc1cc(CNC2CCC(O)CC2)cc2c1OCO2.Cl. The van der Waals surface area contributed by atoms with Crippen LogP contribution in [-0.4, -0.2) is 31.2 Å². The molecule has 1 aliphatic heterocycles. The van der Waals surface area contributed by atoms with Crippen LogP contribution < -0.4 is 19.5 Å². The van der Waals surface area contributed by atoms with Gasteiger partial charge in [-0.3, -0.25) is 0 Å². The predicted octanol–water partition coefficient (Wildman–Crippen LogP) is 2.24. The zero-order valence-corrected chi connectivity index (χ0v) is 12.9. The molecule has 2 aliphatic rings.